The maximum Gasteiger partial charge on any atom is 0.256 e. The van der Waals surface area contributed by atoms with E-state index in [1.165, 1.54) is 0 Å². The lowest BCUT2D eigenvalue weighted by Gasteiger charge is -2.11. The number of nitrogens with zero attached hydrogens (tertiary/aromatic N) is 5. The average molecular weight is 430 g/mol. The number of carbonyl (C=O) groups excluding carboxylic acids is 1. The second-order valence-corrected chi connectivity index (χ2v) is 7.18. The summed E-state index contributed by atoms with van der Waals surface area (Å²) in [6, 6.07) is 15.8. The van der Waals surface area contributed by atoms with Gasteiger partial charge in [-0.3, -0.25) is 4.79 Å². The standard InChI is InChI=1S/C23H22N6O3/c1-15(2)29-14-25-28-22(29)19-8-5-9-20(26-19)27-23(30)16-6-4-7-17(12-16)32-21-11-10-18(31-3)13-24-21/h4-15H,1-3H3,(H,26,27,30). The summed E-state index contributed by atoms with van der Waals surface area (Å²) in [5.74, 6) is 2.25. The Labute approximate surface area is 185 Å². The minimum absolute atomic E-state index is 0.183. The van der Waals surface area contributed by atoms with Crippen LogP contribution in [0.3, 0.4) is 0 Å². The Balaban J connectivity index is 1.49. The Hall–Kier alpha value is -4.27. The molecule has 0 aliphatic carbocycles. The number of ether oxygens (including phenoxy) is 2. The van der Waals surface area contributed by atoms with E-state index >= 15 is 0 Å². The number of amides is 1. The van der Waals surface area contributed by atoms with Crippen LogP contribution in [-0.4, -0.2) is 37.7 Å². The molecule has 1 aromatic carbocycles. The van der Waals surface area contributed by atoms with Crippen LogP contribution in [0.25, 0.3) is 11.5 Å². The summed E-state index contributed by atoms with van der Waals surface area (Å²) in [7, 11) is 1.57. The third-order valence-electron chi connectivity index (χ3n) is 4.61. The zero-order chi connectivity index (χ0) is 22.5. The number of hydrogen-bond acceptors (Lipinski definition) is 7. The van der Waals surface area contributed by atoms with Gasteiger partial charge in [-0.1, -0.05) is 12.1 Å². The Morgan fingerprint density at radius 1 is 1.06 bits per heavy atom. The molecule has 9 heteroatoms. The first kappa shape index (κ1) is 21.0. The Kier molecular flexibility index (Phi) is 6.07. The van der Waals surface area contributed by atoms with E-state index in [4.69, 9.17) is 9.47 Å². The summed E-state index contributed by atoms with van der Waals surface area (Å²) in [5.41, 5.74) is 1.05. The molecule has 0 atom stereocenters. The maximum absolute atomic E-state index is 12.8. The van der Waals surface area contributed by atoms with Crippen molar-refractivity contribution in [2.75, 3.05) is 12.4 Å². The van der Waals surface area contributed by atoms with Crippen LogP contribution in [0.5, 0.6) is 17.4 Å². The van der Waals surface area contributed by atoms with Gasteiger partial charge in [-0.25, -0.2) is 9.97 Å². The minimum atomic E-state index is -0.312. The lowest BCUT2D eigenvalue weighted by Crippen LogP contribution is -2.13. The van der Waals surface area contributed by atoms with Gasteiger partial charge in [0.25, 0.3) is 5.91 Å². The molecule has 9 nitrogen and oxygen atoms in total. The molecule has 0 unspecified atom stereocenters. The number of rotatable bonds is 7. The Morgan fingerprint density at radius 2 is 1.91 bits per heavy atom. The van der Waals surface area contributed by atoms with Crippen molar-refractivity contribution in [1.82, 2.24) is 24.7 Å². The van der Waals surface area contributed by atoms with Gasteiger partial charge in [0.2, 0.25) is 5.88 Å². The molecule has 1 N–H and O–H groups in total. The molecule has 0 spiro atoms. The summed E-state index contributed by atoms with van der Waals surface area (Å²) < 4.78 is 12.8. The number of hydrogen-bond donors (Lipinski definition) is 1. The van der Waals surface area contributed by atoms with Crippen LogP contribution < -0.4 is 14.8 Å². The first-order valence-electron chi connectivity index (χ1n) is 10.00. The molecule has 0 radical (unpaired) electrons. The van der Waals surface area contributed by atoms with Gasteiger partial charge >= 0.3 is 0 Å². The average Bonchev–Trinajstić information content (AvgIpc) is 3.30. The molecule has 162 valence electrons. The van der Waals surface area contributed by atoms with E-state index in [0.717, 1.165) is 0 Å². The van der Waals surface area contributed by atoms with Crippen molar-refractivity contribution in [2.24, 2.45) is 0 Å². The quantitative estimate of drug-likeness (QED) is 0.464. The highest BCUT2D eigenvalue weighted by atomic mass is 16.5. The fourth-order valence-corrected chi connectivity index (χ4v) is 2.99. The van der Waals surface area contributed by atoms with Crippen molar-refractivity contribution in [3.05, 3.63) is 72.7 Å². The van der Waals surface area contributed by atoms with Crippen molar-refractivity contribution in [2.45, 2.75) is 19.9 Å². The van der Waals surface area contributed by atoms with Crippen LogP contribution in [0, 0.1) is 0 Å². The van der Waals surface area contributed by atoms with Crippen molar-refractivity contribution in [3.63, 3.8) is 0 Å². The number of aromatic nitrogens is 5. The fourth-order valence-electron chi connectivity index (χ4n) is 2.99. The molecule has 3 heterocycles. The number of benzene rings is 1. The zero-order valence-corrected chi connectivity index (χ0v) is 17.9. The number of nitrogens with one attached hydrogen (secondary N) is 1. The van der Waals surface area contributed by atoms with Gasteiger partial charge < -0.3 is 19.4 Å². The van der Waals surface area contributed by atoms with Gasteiger partial charge in [0, 0.05) is 17.7 Å². The number of anilines is 1. The van der Waals surface area contributed by atoms with Gasteiger partial charge in [0.15, 0.2) is 5.82 Å². The summed E-state index contributed by atoms with van der Waals surface area (Å²) in [6.07, 6.45) is 3.22. The molecule has 0 aliphatic rings. The van der Waals surface area contributed by atoms with E-state index in [9.17, 15) is 4.79 Å². The first-order valence-corrected chi connectivity index (χ1v) is 10.00. The van der Waals surface area contributed by atoms with Gasteiger partial charge in [-0.05, 0) is 50.2 Å². The molecule has 3 aromatic heterocycles. The zero-order valence-electron chi connectivity index (χ0n) is 17.9. The molecule has 1 amide bonds. The van der Waals surface area contributed by atoms with E-state index in [2.05, 4.69) is 25.5 Å². The molecule has 32 heavy (non-hydrogen) atoms. The van der Waals surface area contributed by atoms with Crippen LogP contribution in [0.2, 0.25) is 0 Å². The van der Waals surface area contributed by atoms with Crippen LogP contribution in [0.1, 0.15) is 30.2 Å². The molecule has 4 rings (SSSR count). The van der Waals surface area contributed by atoms with E-state index in [0.29, 0.717) is 40.3 Å². The lowest BCUT2D eigenvalue weighted by atomic mass is 10.2. The predicted octanol–water partition coefficient (Wildman–Crippen LogP) is 4.37. The van der Waals surface area contributed by atoms with Crippen LogP contribution in [0.4, 0.5) is 5.82 Å². The van der Waals surface area contributed by atoms with Gasteiger partial charge in [-0.2, -0.15) is 0 Å². The minimum Gasteiger partial charge on any atom is -0.495 e. The second-order valence-electron chi connectivity index (χ2n) is 7.18. The van der Waals surface area contributed by atoms with Crippen molar-refractivity contribution >= 4 is 11.7 Å². The Morgan fingerprint density at radius 3 is 2.66 bits per heavy atom. The largest absolute Gasteiger partial charge is 0.495 e. The molecule has 0 fully saturated rings. The summed E-state index contributed by atoms with van der Waals surface area (Å²) in [6.45, 7) is 4.07. The van der Waals surface area contributed by atoms with Crippen LogP contribution >= 0.6 is 0 Å². The number of pyridine rings is 2. The molecule has 4 aromatic rings. The highest BCUT2D eigenvalue weighted by Crippen LogP contribution is 2.23. The molecular formula is C23H22N6O3. The summed E-state index contributed by atoms with van der Waals surface area (Å²) in [5, 5.41) is 10.9. The third kappa shape index (κ3) is 4.72. The SMILES string of the molecule is COc1ccc(Oc2cccc(C(=O)Nc3cccc(-c4nncn4C(C)C)n3)c2)nc1. The van der Waals surface area contributed by atoms with E-state index in [1.807, 2.05) is 30.5 Å². The fraction of sp³-hybridized carbons (Fsp3) is 0.174. The van der Waals surface area contributed by atoms with E-state index in [1.54, 1.807) is 62.1 Å². The summed E-state index contributed by atoms with van der Waals surface area (Å²) >= 11 is 0. The molecule has 0 saturated heterocycles. The highest BCUT2D eigenvalue weighted by Gasteiger charge is 2.13. The van der Waals surface area contributed by atoms with E-state index in [-0.39, 0.29) is 11.9 Å². The predicted molar refractivity (Wildman–Crippen MR) is 119 cm³/mol. The van der Waals surface area contributed by atoms with Crippen molar-refractivity contribution in [1.29, 1.82) is 0 Å². The third-order valence-corrected chi connectivity index (χ3v) is 4.61. The molecule has 0 aliphatic heterocycles. The molecule has 0 saturated carbocycles. The smallest absolute Gasteiger partial charge is 0.256 e. The normalized spacial score (nSPS) is 10.8. The first-order chi connectivity index (χ1) is 15.5. The van der Waals surface area contributed by atoms with Gasteiger partial charge in [-0.15, -0.1) is 10.2 Å². The van der Waals surface area contributed by atoms with Gasteiger partial charge in [0.05, 0.1) is 13.3 Å². The van der Waals surface area contributed by atoms with Crippen molar-refractivity contribution in [3.8, 4) is 28.9 Å². The highest BCUT2D eigenvalue weighted by molar-refractivity contribution is 6.04. The molecular weight excluding hydrogens is 408 g/mol. The Bertz CT molecular complexity index is 1220. The lowest BCUT2D eigenvalue weighted by molar-refractivity contribution is 0.102. The monoisotopic (exact) mass is 430 g/mol. The topological polar surface area (TPSA) is 104 Å². The maximum atomic E-state index is 12.8. The second kappa shape index (κ2) is 9.25. The van der Waals surface area contributed by atoms with Crippen LogP contribution in [-0.2, 0) is 0 Å². The van der Waals surface area contributed by atoms with Gasteiger partial charge in [0.1, 0.15) is 29.3 Å². The van der Waals surface area contributed by atoms with Crippen LogP contribution in [0.15, 0.2) is 67.1 Å². The number of carbonyl (C=O) groups is 1. The van der Waals surface area contributed by atoms with Crippen molar-refractivity contribution < 1.29 is 14.3 Å². The van der Waals surface area contributed by atoms with E-state index < -0.39 is 0 Å². The summed E-state index contributed by atoms with van der Waals surface area (Å²) in [4.78, 5) is 21.5. The number of methoxy groups -OCH3 is 1. The molecule has 0 bridgehead atoms.